The van der Waals surface area contributed by atoms with Gasteiger partial charge >= 0.3 is 6.03 Å². The van der Waals surface area contributed by atoms with Crippen molar-refractivity contribution in [1.82, 2.24) is 15.8 Å². The Kier molecular flexibility index (Phi) is 3.43. The number of rotatable bonds is 2. The average Bonchev–Trinajstić information content (AvgIpc) is 2.26. The number of urea groups is 1. The predicted molar refractivity (Wildman–Crippen MR) is 58.1 cm³/mol. The van der Waals surface area contributed by atoms with E-state index >= 15 is 0 Å². The number of piperidine rings is 2. The lowest BCUT2D eigenvalue weighted by molar-refractivity contribution is 0.0871. The van der Waals surface area contributed by atoms with Gasteiger partial charge in [-0.15, -0.1) is 0 Å². The van der Waals surface area contributed by atoms with Crippen molar-refractivity contribution < 1.29 is 4.79 Å². The molecule has 2 aliphatic rings. The highest BCUT2D eigenvalue weighted by atomic mass is 16.2. The molecule has 2 atom stereocenters. The second kappa shape index (κ2) is 4.81. The molecular weight excluding hydrogens is 192 g/mol. The van der Waals surface area contributed by atoms with E-state index in [2.05, 4.69) is 15.8 Å². The fraction of sp³-hybridized carbons (Fsp3) is 0.900. The minimum absolute atomic E-state index is 0.386. The molecule has 2 aliphatic heterocycles. The van der Waals surface area contributed by atoms with Crippen LogP contribution >= 0.6 is 0 Å². The molecule has 2 unspecified atom stereocenters. The lowest BCUT2D eigenvalue weighted by Crippen LogP contribution is -2.54. The number of nitrogens with zero attached hydrogens (tertiary/aromatic N) is 1. The summed E-state index contributed by atoms with van der Waals surface area (Å²) in [5.74, 6) is 0. The van der Waals surface area contributed by atoms with E-state index < -0.39 is 6.03 Å². The van der Waals surface area contributed by atoms with Crippen LogP contribution in [0, 0.1) is 0 Å². The van der Waals surface area contributed by atoms with Crippen LogP contribution in [0.1, 0.15) is 32.1 Å². The first-order valence-electron chi connectivity index (χ1n) is 5.81. The minimum Gasteiger partial charge on any atom is -0.351 e. The molecule has 0 bridgehead atoms. The van der Waals surface area contributed by atoms with E-state index in [1.807, 2.05) is 0 Å². The number of hydrogen-bond donors (Lipinski definition) is 3. The first kappa shape index (κ1) is 10.7. The van der Waals surface area contributed by atoms with E-state index in [4.69, 9.17) is 5.73 Å². The lowest BCUT2D eigenvalue weighted by atomic mass is 9.90. The van der Waals surface area contributed by atoms with Crippen molar-refractivity contribution in [2.45, 2.75) is 44.2 Å². The van der Waals surface area contributed by atoms with Crippen LogP contribution in [0.15, 0.2) is 0 Å². The van der Waals surface area contributed by atoms with Gasteiger partial charge in [0.15, 0.2) is 0 Å². The molecular formula is C10H20N4O. The van der Waals surface area contributed by atoms with Gasteiger partial charge in [-0.3, -0.25) is 5.43 Å². The van der Waals surface area contributed by atoms with Gasteiger partial charge in [-0.25, -0.2) is 10.2 Å². The van der Waals surface area contributed by atoms with Gasteiger partial charge in [-0.05, 0) is 38.8 Å². The van der Waals surface area contributed by atoms with Crippen molar-refractivity contribution in [2.24, 2.45) is 5.73 Å². The van der Waals surface area contributed by atoms with Gasteiger partial charge in [-0.1, -0.05) is 6.42 Å². The summed E-state index contributed by atoms with van der Waals surface area (Å²) < 4.78 is 0. The smallest absolute Gasteiger partial charge is 0.326 e. The zero-order valence-electron chi connectivity index (χ0n) is 9.04. The van der Waals surface area contributed by atoms with Crippen LogP contribution in [0.25, 0.3) is 0 Å². The Balaban J connectivity index is 1.78. The van der Waals surface area contributed by atoms with Crippen LogP contribution < -0.4 is 16.6 Å². The summed E-state index contributed by atoms with van der Waals surface area (Å²) in [6.45, 7) is 2.39. The molecule has 0 aliphatic carbocycles. The third-order valence-corrected chi connectivity index (χ3v) is 3.47. The van der Waals surface area contributed by atoms with Gasteiger partial charge < -0.3 is 10.6 Å². The molecule has 2 fully saturated rings. The Morgan fingerprint density at radius 1 is 1.27 bits per heavy atom. The average molecular weight is 212 g/mol. The largest absolute Gasteiger partial charge is 0.351 e. The molecule has 0 aromatic heterocycles. The Bertz CT molecular complexity index is 233. The van der Waals surface area contributed by atoms with Crippen LogP contribution in [0.2, 0.25) is 0 Å². The van der Waals surface area contributed by atoms with Gasteiger partial charge in [0.2, 0.25) is 0 Å². The molecule has 4 N–H and O–H groups in total. The normalized spacial score (nSPS) is 32.0. The fourth-order valence-corrected chi connectivity index (χ4v) is 2.69. The number of hydrogen-bond acceptors (Lipinski definition) is 3. The number of nitrogens with two attached hydrogens (primary N) is 1. The second-order valence-electron chi connectivity index (χ2n) is 4.54. The van der Waals surface area contributed by atoms with Crippen LogP contribution in [0.3, 0.4) is 0 Å². The van der Waals surface area contributed by atoms with Crippen molar-refractivity contribution in [3.8, 4) is 0 Å². The first-order valence-corrected chi connectivity index (χ1v) is 5.81. The molecule has 2 amide bonds. The molecule has 5 nitrogen and oxygen atoms in total. The highest BCUT2D eigenvalue weighted by Crippen LogP contribution is 2.25. The maximum atomic E-state index is 10.6. The van der Waals surface area contributed by atoms with Gasteiger partial charge in [-0.2, -0.15) is 0 Å². The molecule has 0 aromatic carbocycles. The van der Waals surface area contributed by atoms with E-state index in [1.54, 1.807) is 0 Å². The summed E-state index contributed by atoms with van der Waals surface area (Å²) >= 11 is 0. The standard InChI is InChI=1S/C10H20N4O/c11-10(15)13-12-8-4-6-14-5-2-1-3-9(14)7-8/h8-9,12H,1-7H2,(H3,11,13,15). The van der Waals surface area contributed by atoms with Crippen LogP contribution in [0.4, 0.5) is 4.79 Å². The highest BCUT2D eigenvalue weighted by Gasteiger charge is 2.29. The monoisotopic (exact) mass is 212 g/mol. The van der Waals surface area contributed by atoms with Crippen LogP contribution in [-0.4, -0.2) is 36.1 Å². The molecule has 5 heteroatoms. The molecule has 2 saturated heterocycles. The zero-order chi connectivity index (χ0) is 10.7. The SMILES string of the molecule is NC(=O)NNC1CCN2CCCCC2C1. The topological polar surface area (TPSA) is 70.4 Å². The maximum Gasteiger partial charge on any atom is 0.326 e. The van der Waals surface area contributed by atoms with Gasteiger partial charge in [0, 0.05) is 12.1 Å². The number of carbonyl (C=O) groups excluding carboxylic acids is 1. The summed E-state index contributed by atoms with van der Waals surface area (Å²) in [6.07, 6.45) is 6.21. The van der Waals surface area contributed by atoms with Crippen molar-refractivity contribution in [1.29, 1.82) is 0 Å². The van der Waals surface area contributed by atoms with Crippen LogP contribution in [-0.2, 0) is 0 Å². The van der Waals surface area contributed by atoms with Crippen molar-refractivity contribution in [3.05, 3.63) is 0 Å². The molecule has 0 spiro atoms. The number of hydrazine groups is 1. The fourth-order valence-electron chi connectivity index (χ4n) is 2.69. The van der Waals surface area contributed by atoms with Gasteiger partial charge in [0.25, 0.3) is 0 Å². The molecule has 2 rings (SSSR count). The minimum atomic E-state index is -0.499. The van der Waals surface area contributed by atoms with E-state index in [9.17, 15) is 4.79 Å². The van der Waals surface area contributed by atoms with Crippen molar-refractivity contribution >= 4 is 6.03 Å². The quantitative estimate of drug-likeness (QED) is 0.572. The summed E-state index contributed by atoms with van der Waals surface area (Å²) in [5.41, 5.74) is 10.5. The Labute approximate surface area is 90.3 Å². The Morgan fingerprint density at radius 2 is 2.13 bits per heavy atom. The third-order valence-electron chi connectivity index (χ3n) is 3.47. The molecule has 0 radical (unpaired) electrons. The van der Waals surface area contributed by atoms with E-state index in [-0.39, 0.29) is 0 Å². The summed E-state index contributed by atoms with van der Waals surface area (Å²) in [7, 11) is 0. The number of carbonyl (C=O) groups is 1. The third kappa shape index (κ3) is 2.82. The number of primary amides is 1. The zero-order valence-corrected chi connectivity index (χ0v) is 9.04. The second-order valence-corrected chi connectivity index (χ2v) is 4.54. The number of fused-ring (bicyclic) bond motifs is 1. The maximum absolute atomic E-state index is 10.6. The summed E-state index contributed by atoms with van der Waals surface area (Å²) in [4.78, 5) is 13.1. The predicted octanol–water partition coefficient (Wildman–Crippen LogP) is 0.176. The number of amides is 2. The van der Waals surface area contributed by atoms with Gasteiger partial charge in [0.05, 0.1) is 0 Å². The van der Waals surface area contributed by atoms with E-state index in [0.717, 1.165) is 19.4 Å². The van der Waals surface area contributed by atoms with Gasteiger partial charge in [0.1, 0.15) is 0 Å². The van der Waals surface area contributed by atoms with E-state index in [1.165, 1.54) is 25.8 Å². The van der Waals surface area contributed by atoms with E-state index in [0.29, 0.717) is 12.1 Å². The first-order chi connectivity index (χ1) is 7.25. The Morgan fingerprint density at radius 3 is 2.93 bits per heavy atom. The molecule has 2 heterocycles. The molecule has 0 saturated carbocycles. The van der Waals surface area contributed by atoms with Crippen LogP contribution in [0.5, 0.6) is 0 Å². The summed E-state index contributed by atoms with van der Waals surface area (Å²) in [5, 5.41) is 0. The molecule has 0 aromatic rings. The Hall–Kier alpha value is -0.810. The van der Waals surface area contributed by atoms with Crippen molar-refractivity contribution in [2.75, 3.05) is 13.1 Å². The number of nitrogens with one attached hydrogen (secondary N) is 2. The summed E-state index contributed by atoms with van der Waals surface area (Å²) in [6, 6.07) is 0.595. The lowest BCUT2D eigenvalue weighted by Gasteiger charge is -2.42. The molecule has 86 valence electrons. The highest BCUT2D eigenvalue weighted by molar-refractivity contribution is 5.70. The molecule has 15 heavy (non-hydrogen) atoms. The van der Waals surface area contributed by atoms with Crippen molar-refractivity contribution in [3.63, 3.8) is 0 Å².